The highest BCUT2D eigenvalue weighted by Gasteiger charge is 2.37. The minimum Gasteiger partial charge on any atom is -0.381 e. The third-order valence-corrected chi connectivity index (χ3v) is 4.87. The monoisotopic (exact) mass is 327 g/mol. The molecule has 1 saturated heterocycles. The van der Waals surface area contributed by atoms with E-state index in [1.807, 2.05) is 0 Å². The van der Waals surface area contributed by atoms with Crippen molar-refractivity contribution in [2.75, 3.05) is 19.8 Å². The molecule has 1 heterocycles. The zero-order valence-electron chi connectivity index (χ0n) is 10.9. The molecule has 0 bridgehead atoms. The highest BCUT2D eigenvalue weighted by atomic mass is 79.9. The summed E-state index contributed by atoms with van der Waals surface area (Å²) in [5.41, 5.74) is 1.17. The first-order valence-electron chi connectivity index (χ1n) is 6.92. The summed E-state index contributed by atoms with van der Waals surface area (Å²) in [4.78, 5) is 0. The summed E-state index contributed by atoms with van der Waals surface area (Å²) in [6, 6.07) is 5.63. The third-order valence-electron chi connectivity index (χ3n) is 4.10. The lowest BCUT2D eigenvalue weighted by atomic mass is 9.81. The Hall–Kier alpha value is -0.450. The maximum Gasteiger partial charge on any atom is 0.123 e. The van der Waals surface area contributed by atoms with Crippen LogP contribution in [0.1, 0.15) is 24.8 Å². The number of hydrogen-bond donors (Lipinski definition) is 1. The van der Waals surface area contributed by atoms with Crippen molar-refractivity contribution in [1.82, 2.24) is 5.32 Å². The van der Waals surface area contributed by atoms with Gasteiger partial charge in [-0.25, -0.2) is 4.39 Å². The number of nitrogens with one attached hydrogen (secondary N) is 1. The molecule has 1 aromatic carbocycles. The summed E-state index contributed by atoms with van der Waals surface area (Å²) in [5.74, 6) is -0.164. The van der Waals surface area contributed by atoms with Crippen LogP contribution in [0.3, 0.4) is 0 Å². The van der Waals surface area contributed by atoms with Crippen LogP contribution in [0.25, 0.3) is 0 Å². The first kappa shape index (κ1) is 13.5. The standard InChI is InChI=1S/C15H19BrFNO/c16-14-4-1-12(17)7-11(14)8-15(5-6-19-10-15)9-18-13-2-3-13/h1,4,7,13,18H,2-3,5-6,8-10H2. The molecule has 2 nitrogen and oxygen atoms in total. The maximum atomic E-state index is 13.4. The Labute approximate surface area is 121 Å². The van der Waals surface area contributed by atoms with E-state index in [1.54, 1.807) is 12.1 Å². The fourth-order valence-electron chi connectivity index (χ4n) is 2.72. The molecule has 4 heteroatoms. The van der Waals surface area contributed by atoms with Gasteiger partial charge in [0.2, 0.25) is 0 Å². The molecule has 3 rings (SSSR count). The summed E-state index contributed by atoms with van der Waals surface area (Å²) >= 11 is 3.53. The Morgan fingerprint density at radius 3 is 2.95 bits per heavy atom. The van der Waals surface area contributed by atoms with Crippen molar-refractivity contribution in [3.63, 3.8) is 0 Å². The van der Waals surface area contributed by atoms with Gasteiger partial charge in [0.1, 0.15) is 5.82 Å². The average molecular weight is 328 g/mol. The second-order valence-electron chi connectivity index (χ2n) is 5.87. The van der Waals surface area contributed by atoms with Crippen molar-refractivity contribution in [1.29, 1.82) is 0 Å². The van der Waals surface area contributed by atoms with Crippen LogP contribution in [0.15, 0.2) is 22.7 Å². The van der Waals surface area contributed by atoms with Gasteiger partial charge in [-0.05, 0) is 49.4 Å². The van der Waals surface area contributed by atoms with Crippen LogP contribution in [0.4, 0.5) is 4.39 Å². The van der Waals surface area contributed by atoms with Crippen LogP contribution in [0.2, 0.25) is 0 Å². The largest absolute Gasteiger partial charge is 0.381 e. The quantitative estimate of drug-likeness (QED) is 0.896. The minimum atomic E-state index is -0.164. The fourth-order valence-corrected chi connectivity index (χ4v) is 3.11. The predicted molar refractivity (Wildman–Crippen MR) is 76.7 cm³/mol. The molecular weight excluding hydrogens is 309 g/mol. The molecule has 0 radical (unpaired) electrons. The van der Waals surface area contributed by atoms with Gasteiger partial charge in [-0.1, -0.05) is 15.9 Å². The Kier molecular flexibility index (Phi) is 3.92. The molecule has 2 aliphatic rings. The smallest absolute Gasteiger partial charge is 0.123 e. The van der Waals surface area contributed by atoms with Crippen LogP contribution in [0, 0.1) is 11.2 Å². The lowest BCUT2D eigenvalue weighted by Crippen LogP contribution is -2.37. The van der Waals surface area contributed by atoms with Crippen molar-refractivity contribution in [2.45, 2.75) is 31.7 Å². The number of halogens is 2. The van der Waals surface area contributed by atoms with Crippen LogP contribution >= 0.6 is 15.9 Å². The zero-order chi connectivity index (χ0) is 13.3. The van der Waals surface area contributed by atoms with Gasteiger partial charge >= 0.3 is 0 Å². The number of rotatable bonds is 5. The molecule has 1 aromatic rings. The van der Waals surface area contributed by atoms with Gasteiger partial charge in [0, 0.05) is 29.1 Å². The molecule has 1 unspecified atom stereocenters. The normalized spacial score (nSPS) is 26.8. The van der Waals surface area contributed by atoms with Gasteiger partial charge in [0.15, 0.2) is 0 Å². The van der Waals surface area contributed by atoms with Gasteiger partial charge in [-0.2, -0.15) is 0 Å². The van der Waals surface area contributed by atoms with Crippen molar-refractivity contribution < 1.29 is 9.13 Å². The van der Waals surface area contributed by atoms with Crippen LogP contribution < -0.4 is 5.32 Å². The molecule has 104 valence electrons. The number of ether oxygens (including phenoxy) is 1. The first-order chi connectivity index (χ1) is 9.17. The van der Waals surface area contributed by atoms with Crippen molar-refractivity contribution in [3.05, 3.63) is 34.1 Å². The Morgan fingerprint density at radius 2 is 2.26 bits per heavy atom. The van der Waals surface area contributed by atoms with E-state index >= 15 is 0 Å². The molecule has 0 amide bonds. The molecule has 1 saturated carbocycles. The molecule has 1 aliphatic heterocycles. The molecule has 1 aliphatic carbocycles. The Balaban J connectivity index is 1.74. The van der Waals surface area contributed by atoms with E-state index in [1.165, 1.54) is 18.9 Å². The second-order valence-corrected chi connectivity index (χ2v) is 6.72. The highest BCUT2D eigenvalue weighted by Crippen LogP contribution is 2.35. The topological polar surface area (TPSA) is 21.3 Å². The summed E-state index contributed by atoms with van der Waals surface area (Å²) < 4.78 is 20.0. The van der Waals surface area contributed by atoms with E-state index in [-0.39, 0.29) is 11.2 Å². The van der Waals surface area contributed by atoms with Gasteiger partial charge in [-0.15, -0.1) is 0 Å². The van der Waals surface area contributed by atoms with E-state index < -0.39 is 0 Å². The first-order valence-corrected chi connectivity index (χ1v) is 7.71. The molecule has 0 aromatic heterocycles. The van der Waals surface area contributed by atoms with Crippen molar-refractivity contribution in [3.8, 4) is 0 Å². The maximum absolute atomic E-state index is 13.4. The lowest BCUT2D eigenvalue weighted by molar-refractivity contribution is 0.149. The summed E-state index contributed by atoms with van der Waals surface area (Å²) in [6.07, 6.45) is 4.50. The van der Waals surface area contributed by atoms with Crippen LogP contribution in [-0.2, 0) is 11.2 Å². The van der Waals surface area contributed by atoms with E-state index in [9.17, 15) is 4.39 Å². The number of hydrogen-bond acceptors (Lipinski definition) is 2. The SMILES string of the molecule is Fc1ccc(Br)c(CC2(CNC3CC3)CCOC2)c1. The molecule has 19 heavy (non-hydrogen) atoms. The zero-order valence-corrected chi connectivity index (χ0v) is 12.5. The van der Waals surface area contributed by atoms with Gasteiger partial charge in [0.25, 0.3) is 0 Å². The molecule has 1 atom stereocenters. The Bertz CT molecular complexity index is 455. The minimum absolute atomic E-state index is 0.124. The summed E-state index contributed by atoms with van der Waals surface area (Å²) in [5, 5.41) is 3.60. The predicted octanol–water partition coefficient (Wildman–Crippen LogP) is 3.29. The van der Waals surface area contributed by atoms with Gasteiger partial charge in [-0.3, -0.25) is 0 Å². The fraction of sp³-hybridized carbons (Fsp3) is 0.600. The van der Waals surface area contributed by atoms with Crippen LogP contribution in [-0.4, -0.2) is 25.8 Å². The third kappa shape index (κ3) is 3.36. The Morgan fingerprint density at radius 1 is 1.42 bits per heavy atom. The molecule has 0 spiro atoms. The van der Waals surface area contributed by atoms with Crippen molar-refractivity contribution >= 4 is 15.9 Å². The highest BCUT2D eigenvalue weighted by molar-refractivity contribution is 9.10. The molecule has 2 fully saturated rings. The summed E-state index contributed by atoms with van der Waals surface area (Å²) in [6.45, 7) is 2.57. The average Bonchev–Trinajstić information content (AvgIpc) is 3.12. The lowest BCUT2D eigenvalue weighted by Gasteiger charge is -2.28. The summed E-state index contributed by atoms with van der Waals surface area (Å²) in [7, 11) is 0. The molecular formula is C15H19BrFNO. The second kappa shape index (κ2) is 5.51. The molecule has 1 N–H and O–H groups in total. The van der Waals surface area contributed by atoms with E-state index in [2.05, 4.69) is 21.2 Å². The van der Waals surface area contributed by atoms with Crippen molar-refractivity contribution in [2.24, 2.45) is 5.41 Å². The van der Waals surface area contributed by atoms with E-state index in [0.29, 0.717) is 6.04 Å². The van der Waals surface area contributed by atoms with E-state index in [0.717, 1.165) is 42.6 Å². The van der Waals surface area contributed by atoms with E-state index in [4.69, 9.17) is 4.74 Å². The van der Waals surface area contributed by atoms with Gasteiger partial charge < -0.3 is 10.1 Å². The van der Waals surface area contributed by atoms with Crippen LogP contribution in [0.5, 0.6) is 0 Å². The van der Waals surface area contributed by atoms with Gasteiger partial charge in [0.05, 0.1) is 6.61 Å². The number of benzene rings is 1.